The Hall–Kier alpha value is -2.68. The maximum atomic E-state index is 12.2. The number of hydrogen-bond donors (Lipinski definition) is 3. The van der Waals surface area contributed by atoms with Crippen molar-refractivity contribution >= 4 is 46.0 Å². The molecule has 3 aromatic rings. The fraction of sp³-hybridized carbons (Fsp3) is 0.190. The van der Waals surface area contributed by atoms with Crippen LogP contribution >= 0.6 is 22.6 Å². The molecule has 0 spiro atoms. The van der Waals surface area contributed by atoms with Crippen molar-refractivity contribution < 1.29 is 4.79 Å². The molecule has 0 bridgehead atoms. The van der Waals surface area contributed by atoms with Gasteiger partial charge in [-0.05, 0) is 60.7 Å². The molecule has 0 aliphatic rings. The van der Waals surface area contributed by atoms with E-state index in [0.29, 0.717) is 24.6 Å². The zero-order valence-corrected chi connectivity index (χ0v) is 17.9. The summed E-state index contributed by atoms with van der Waals surface area (Å²) in [6.45, 7) is 4.98. The van der Waals surface area contributed by atoms with E-state index in [9.17, 15) is 4.79 Å². The first-order valence-electron chi connectivity index (χ1n) is 8.97. The van der Waals surface area contributed by atoms with Crippen LogP contribution in [0.4, 0.5) is 17.5 Å². The second kappa shape index (κ2) is 9.50. The van der Waals surface area contributed by atoms with Crippen molar-refractivity contribution in [2.24, 2.45) is 0 Å². The average Bonchev–Trinajstić information content (AvgIpc) is 2.67. The van der Waals surface area contributed by atoms with Gasteiger partial charge in [0.1, 0.15) is 5.82 Å². The Balaban J connectivity index is 1.54. The van der Waals surface area contributed by atoms with Crippen molar-refractivity contribution in [3.05, 3.63) is 75.0 Å². The van der Waals surface area contributed by atoms with Gasteiger partial charge >= 0.3 is 0 Å². The summed E-state index contributed by atoms with van der Waals surface area (Å²) in [5, 5.41) is 9.36. The predicted octanol–water partition coefficient (Wildman–Crippen LogP) is 4.28. The highest BCUT2D eigenvalue weighted by atomic mass is 127. The Morgan fingerprint density at radius 2 is 1.75 bits per heavy atom. The van der Waals surface area contributed by atoms with Crippen molar-refractivity contribution in [1.29, 1.82) is 0 Å². The molecule has 0 radical (unpaired) electrons. The summed E-state index contributed by atoms with van der Waals surface area (Å²) in [4.78, 5) is 21.1. The number of nitrogens with zero attached hydrogens (tertiary/aromatic N) is 2. The Kier molecular flexibility index (Phi) is 6.80. The van der Waals surface area contributed by atoms with Gasteiger partial charge in [-0.25, -0.2) is 4.98 Å². The quantitative estimate of drug-likeness (QED) is 0.343. The second-order valence-corrected chi connectivity index (χ2v) is 7.53. The zero-order valence-electron chi connectivity index (χ0n) is 15.8. The molecule has 144 valence electrons. The second-order valence-electron chi connectivity index (χ2n) is 6.37. The standard InChI is InChI=1S/C21H22IN5O/c1-14-7-9-16(10-8-14)26-19-13-15(2)25-21(27-19)24-12-11-23-20(28)17-5-3-4-6-18(17)22/h3-10,13H,11-12H2,1-2H3,(H,23,28)(H2,24,25,26,27). The van der Waals surface area contributed by atoms with Crippen molar-refractivity contribution in [3.63, 3.8) is 0 Å². The highest BCUT2D eigenvalue weighted by Crippen LogP contribution is 2.17. The van der Waals surface area contributed by atoms with Gasteiger partial charge in [0, 0.05) is 34.1 Å². The molecule has 0 fully saturated rings. The largest absolute Gasteiger partial charge is 0.352 e. The maximum absolute atomic E-state index is 12.2. The van der Waals surface area contributed by atoms with E-state index in [1.165, 1.54) is 5.56 Å². The van der Waals surface area contributed by atoms with Gasteiger partial charge in [-0.1, -0.05) is 29.8 Å². The lowest BCUT2D eigenvalue weighted by Crippen LogP contribution is -2.29. The summed E-state index contributed by atoms with van der Waals surface area (Å²) in [7, 11) is 0. The van der Waals surface area contributed by atoms with E-state index in [4.69, 9.17) is 0 Å². The van der Waals surface area contributed by atoms with Crippen LogP contribution in [-0.4, -0.2) is 29.0 Å². The third kappa shape index (κ3) is 5.66. The Morgan fingerprint density at radius 1 is 1.00 bits per heavy atom. The van der Waals surface area contributed by atoms with Gasteiger partial charge in [0.25, 0.3) is 5.91 Å². The number of aryl methyl sites for hydroxylation is 2. The number of aromatic nitrogens is 2. The smallest absolute Gasteiger partial charge is 0.252 e. The number of rotatable bonds is 7. The van der Waals surface area contributed by atoms with Crippen LogP contribution in [0.5, 0.6) is 0 Å². The molecule has 28 heavy (non-hydrogen) atoms. The number of carbonyl (C=O) groups excluding carboxylic acids is 1. The summed E-state index contributed by atoms with van der Waals surface area (Å²) in [5.74, 6) is 1.17. The van der Waals surface area contributed by atoms with Crippen LogP contribution in [0.3, 0.4) is 0 Å². The van der Waals surface area contributed by atoms with Gasteiger partial charge in [-0.3, -0.25) is 4.79 Å². The van der Waals surface area contributed by atoms with E-state index in [-0.39, 0.29) is 5.91 Å². The van der Waals surface area contributed by atoms with Crippen LogP contribution in [0.2, 0.25) is 0 Å². The molecular weight excluding hydrogens is 465 g/mol. The van der Waals surface area contributed by atoms with Gasteiger partial charge in [-0.2, -0.15) is 4.98 Å². The minimum atomic E-state index is -0.0845. The topological polar surface area (TPSA) is 78.9 Å². The van der Waals surface area contributed by atoms with Gasteiger partial charge in [-0.15, -0.1) is 0 Å². The van der Waals surface area contributed by atoms with E-state index < -0.39 is 0 Å². The van der Waals surface area contributed by atoms with Crippen molar-refractivity contribution in [1.82, 2.24) is 15.3 Å². The molecule has 6 nitrogen and oxygen atoms in total. The zero-order chi connectivity index (χ0) is 19.9. The van der Waals surface area contributed by atoms with E-state index >= 15 is 0 Å². The van der Waals surface area contributed by atoms with Crippen LogP contribution < -0.4 is 16.0 Å². The Labute approximate surface area is 178 Å². The van der Waals surface area contributed by atoms with Crippen LogP contribution in [0.15, 0.2) is 54.6 Å². The lowest BCUT2D eigenvalue weighted by Gasteiger charge is -2.11. The molecule has 7 heteroatoms. The van der Waals surface area contributed by atoms with Gasteiger partial charge < -0.3 is 16.0 Å². The molecule has 1 aromatic heterocycles. The number of hydrogen-bond acceptors (Lipinski definition) is 5. The predicted molar refractivity (Wildman–Crippen MR) is 121 cm³/mol. The van der Waals surface area contributed by atoms with E-state index in [1.807, 2.05) is 61.5 Å². The van der Waals surface area contributed by atoms with Crippen LogP contribution in [-0.2, 0) is 0 Å². The fourth-order valence-corrected chi connectivity index (χ4v) is 3.22. The number of anilines is 3. The van der Waals surface area contributed by atoms with Crippen LogP contribution in [0, 0.1) is 17.4 Å². The maximum Gasteiger partial charge on any atom is 0.252 e. The molecule has 1 amide bonds. The van der Waals surface area contributed by atoms with Crippen molar-refractivity contribution in [2.45, 2.75) is 13.8 Å². The number of nitrogens with one attached hydrogen (secondary N) is 3. The normalized spacial score (nSPS) is 10.4. The third-order valence-electron chi connectivity index (χ3n) is 3.99. The summed E-state index contributed by atoms with van der Waals surface area (Å²) >= 11 is 2.16. The Morgan fingerprint density at radius 3 is 2.50 bits per heavy atom. The van der Waals surface area contributed by atoms with Crippen LogP contribution in [0.25, 0.3) is 0 Å². The summed E-state index contributed by atoms with van der Waals surface area (Å²) < 4.78 is 0.930. The fourth-order valence-electron chi connectivity index (χ4n) is 2.59. The van der Waals surface area contributed by atoms with E-state index in [0.717, 1.165) is 20.8 Å². The molecule has 0 saturated heterocycles. The molecule has 0 aliphatic carbocycles. The van der Waals surface area contributed by atoms with Gasteiger partial charge in [0.2, 0.25) is 5.95 Å². The summed E-state index contributed by atoms with van der Waals surface area (Å²) in [6.07, 6.45) is 0. The summed E-state index contributed by atoms with van der Waals surface area (Å²) in [6, 6.07) is 17.5. The third-order valence-corrected chi connectivity index (χ3v) is 4.93. The van der Waals surface area contributed by atoms with E-state index in [1.54, 1.807) is 0 Å². The molecule has 0 aliphatic heterocycles. The minimum Gasteiger partial charge on any atom is -0.352 e. The SMILES string of the molecule is Cc1ccc(Nc2cc(C)nc(NCCNC(=O)c3ccccc3I)n2)cc1. The summed E-state index contributed by atoms with van der Waals surface area (Å²) in [5.41, 5.74) is 3.72. The monoisotopic (exact) mass is 487 g/mol. The molecule has 0 atom stereocenters. The lowest BCUT2D eigenvalue weighted by atomic mass is 10.2. The molecule has 0 unspecified atom stereocenters. The first-order chi connectivity index (χ1) is 13.5. The molecule has 3 rings (SSSR count). The minimum absolute atomic E-state index is 0.0845. The average molecular weight is 487 g/mol. The molecule has 3 N–H and O–H groups in total. The highest BCUT2D eigenvalue weighted by Gasteiger charge is 2.08. The first kappa shape index (κ1) is 20.1. The highest BCUT2D eigenvalue weighted by molar-refractivity contribution is 14.1. The number of halogens is 1. The van der Waals surface area contributed by atoms with Crippen molar-refractivity contribution in [3.8, 4) is 0 Å². The van der Waals surface area contributed by atoms with Gasteiger partial charge in [0.05, 0.1) is 5.56 Å². The molecule has 1 heterocycles. The molecule has 0 saturated carbocycles. The molecule has 2 aromatic carbocycles. The number of benzene rings is 2. The lowest BCUT2D eigenvalue weighted by molar-refractivity contribution is 0.0954. The first-order valence-corrected chi connectivity index (χ1v) is 10.0. The number of carbonyl (C=O) groups is 1. The van der Waals surface area contributed by atoms with Gasteiger partial charge in [0.15, 0.2) is 0 Å². The van der Waals surface area contributed by atoms with Crippen molar-refractivity contribution in [2.75, 3.05) is 23.7 Å². The van der Waals surface area contributed by atoms with E-state index in [2.05, 4.69) is 55.4 Å². The number of amides is 1. The molecular formula is C21H22IN5O. The Bertz CT molecular complexity index is 959. The van der Waals surface area contributed by atoms with Crippen LogP contribution in [0.1, 0.15) is 21.6 Å².